The number of ether oxygens (including phenoxy) is 2. The molecule has 3 atom stereocenters. The Morgan fingerprint density at radius 2 is 1.79 bits per heavy atom. The minimum atomic E-state index is -1.22. The van der Waals surface area contributed by atoms with Gasteiger partial charge in [0.25, 0.3) is 0 Å². The smallest absolute Gasteiger partial charge is 0.407 e. The Morgan fingerprint density at radius 1 is 1.03 bits per heavy atom. The van der Waals surface area contributed by atoms with E-state index in [9.17, 15) is 29.1 Å². The molecule has 1 rings (SSSR count). The van der Waals surface area contributed by atoms with Crippen molar-refractivity contribution < 1.29 is 38.6 Å². The van der Waals surface area contributed by atoms with Gasteiger partial charge in [0.15, 0.2) is 0 Å². The number of aliphatic carboxylic acids is 1. The number of carbonyl (C=O) groups is 5. The average molecular weight is 542 g/mol. The molecule has 13 nitrogen and oxygen atoms in total. The fraction of sp³-hybridized carbons (Fsp3) is 0.720. The molecule has 1 aliphatic carbocycles. The maximum absolute atomic E-state index is 12.7. The van der Waals surface area contributed by atoms with Gasteiger partial charge in [0.1, 0.15) is 18.2 Å². The molecule has 1 unspecified atom stereocenters. The number of rotatable bonds is 16. The first-order chi connectivity index (χ1) is 18.1. The summed E-state index contributed by atoms with van der Waals surface area (Å²) in [6, 6.07) is -2.83. The van der Waals surface area contributed by atoms with E-state index >= 15 is 0 Å². The topological polar surface area (TPSA) is 198 Å². The van der Waals surface area contributed by atoms with Crippen LogP contribution in [-0.4, -0.2) is 79.5 Å². The molecule has 0 aliphatic heterocycles. The fourth-order valence-corrected chi connectivity index (χ4v) is 3.73. The van der Waals surface area contributed by atoms with E-state index in [-0.39, 0.29) is 51.2 Å². The minimum Gasteiger partial charge on any atom is -0.480 e. The van der Waals surface area contributed by atoms with Crippen LogP contribution in [0, 0.1) is 5.92 Å². The zero-order valence-electron chi connectivity index (χ0n) is 22.3. The van der Waals surface area contributed by atoms with Crippen LogP contribution >= 0.6 is 0 Å². The van der Waals surface area contributed by atoms with E-state index in [0.717, 1.165) is 25.7 Å². The van der Waals surface area contributed by atoms with E-state index in [2.05, 4.69) is 27.3 Å². The summed E-state index contributed by atoms with van der Waals surface area (Å²) in [5.41, 5.74) is 4.97. The van der Waals surface area contributed by atoms with Gasteiger partial charge in [-0.25, -0.2) is 14.4 Å². The van der Waals surface area contributed by atoms with Crippen LogP contribution in [0.5, 0.6) is 0 Å². The van der Waals surface area contributed by atoms with Crippen LogP contribution in [0.2, 0.25) is 0 Å². The van der Waals surface area contributed by atoms with Crippen molar-refractivity contribution in [3.05, 3.63) is 12.2 Å². The zero-order valence-corrected chi connectivity index (χ0v) is 22.3. The van der Waals surface area contributed by atoms with Gasteiger partial charge in [0, 0.05) is 25.9 Å². The predicted molar refractivity (Wildman–Crippen MR) is 139 cm³/mol. The Bertz CT molecular complexity index is 805. The van der Waals surface area contributed by atoms with Gasteiger partial charge in [0.05, 0.1) is 13.2 Å². The molecule has 5 amide bonds. The van der Waals surface area contributed by atoms with Crippen molar-refractivity contribution in [2.75, 3.05) is 26.3 Å². The molecule has 0 fully saturated rings. The largest absolute Gasteiger partial charge is 0.480 e. The van der Waals surface area contributed by atoms with Crippen molar-refractivity contribution in [1.82, 2.24) is 21.3 Å². The number of carbonyl (C=O) groups excluding carboxylic acids is 4. The van der Waals surface area contributed by atoms with E-state index in [1.54, 1.807) is 13.8 Å². The maximum Gasteiger partial charge on any atom is 0.407 e. The summed E-state index contributed by atoms with van der Waals surface area (Å²) >= 11 is 0. The standard InChI is InChI=1S/C25H43N5O8/c1-17(2)21(22(32)29-19(23(33)34)11-8-13-27-24(26)35)30-20(31)12-15-37-16-14-28-25(36)38-18-9-6-4-3-5-7-10-18/h4,6,17-19,21H,3,5,7-16H2,1-2H3,(H,28,36)(H,29,32)(H,30,31)(H,33,34)(H3,26,27,35)/t18?,19-,21+/m0/s1. The van der Waals surface area contributed by atoms with Crippen LogP contribution in [-0.2, 0) is 23.9 Å². The number of hydrogen-bond donors (Lipinski definition) is 6. The molecule has 0 aromatic heterocycles. The molecule has 1 aliphatic rings. The van der Waals surface area contributed by atoms with Crippen LogP contribution < -0.4 is 27.0 Å². The first-order valence-corrected chi connectivity index (χ1v) is 13.1. The third-order valence-electron chi connectivity index (χ3n) is 5.82. The fourth-order valence-electron chi connectivity index (χ4n) is 3.73. The second-order valence-corrected chi connectivity index (χ2v) is 9.43. The third kappa shape index (κ3) is 15.0. The molecule has 216 valence electrons. The summed E-state index contributed by atoms with van der Waals surface area (Å²) in [6.45, 7) is 4.12. The molecule has 38 heavy (non-hydrogen) atoms. The van der Waals surface area contributed by atoms with Crippen LogP contribution in [0.15, 0.2) is 12.2 Å². The number of primary amides is 1. The van der Waals surface area contributed by atoms with Crippen LogP contribution in [0.4, 0.5) is 9.59 Å². The van der Waals surface area contributed by atoms with Crippen molar-refractivity contribution in [2.24, 2.45) is 11.7 Å². The Morgan fingerprint density at radius 3 is 2.47 bits per heavy atom. The van der Waals surface area contributed by atoms with Crippen molar-refractivity contribution in [1.29, 1.82) is 0 Å². The van der Waals surface area contributed by atoms with Gasteiger partial charge in [-0.05, 0) is 44.4 Å². The summed E-state index contributed by atoms with van der Waals surface area (Å²) in [4.78, 5) is 59.2. The van der Waals surface area contributed by atoms with Gasteiger partial charge in [0.2, 0.25) is 11.8 Å². The molecular weight excluding hydrogens is 498 g/mol. The monoisotopic (exact) mass is 541 g/mol. The van der Waals surface area contributed by atoms with E-state index in [0.29, 0.717) is 12.8 Å². The number of carboxylic acids is 1. The molecule has 7 N–H and O–H groups in total. The normalized spacial score (nSPS) is 16.9. The number of allylic oxidation sites excluding steroid dienone is 1. The quantitative estimate of drug-likeness (QED) is 0.124. The van der Waals surface area contributed by atoms with Crippen LogP contribution in [0.25, 0.3) is 0 Å². The van der Waals surface area contributed by atoms with E-state index in [1.165, 1.54) is 0 Å². The number of urea groups is 1. The summed E-state index contributed by atoms with van der Waals surface area (Å²) < 4.78 is 10.8. The number of nitrogens with two attached hydrogens (primary N) is 1. The maximum atomic E-state index is 12.7. The minimum absolute atomic E-state index is 0.0174. The molecule has 0 saturated carbocycles. The molecule has 0 saturated heterocycles. The second-order valence-electron chi connectivity index (χ2n) is 9.43. The molecule has 0 radical (unpaired) electrons. The predicted octanol–water partition coefficient (Wildman–Crippen LogP) is 1.17. The van der Waals surface area contributed by atoms with E-state index in [4.69, 9.17) is 15.2 Å². The van der Waals surface area contributed by atoms with Gasteiger partial charge in [-0.2, -0.15) is 0 Å². The molecular formula is C25H43N5O8. The average Bonchev–Trinajstić information content (AvgIpc) is 2.82. The lowest BCUT2D eigenvalue weighted by Gasteiger charge is -2.24. The highest BCUT2D eigenvalue weighted by Gasteiger charge is 2.28. The van der Waals surface area contributed by atoms with Crippen LogP contribution in [0.3, 0.4) is 0 Å². The van der Waals surface area contributed by atoms with E-state index < -0.39 is 42.0 Å². The Kier molecular flexibility index (Phi) is 16.2. The van der Waals surface area contributed by atoms with Gasteiger partial charge in [-0.1, -0.05) is 26.0 Å². The highest BCUT2D eigenvalue weighted by Crippen LogP contribution is 2.15. The summed E-state index contributed by atoms with van der Waals surface area (Å²) in [7, 11) is 0. The number of carboxylic acid groups (broad SMARTS) is 1. The second kappa shape index (κ2) is 18.8. The van der Waals surface area contributed by atoms with Gasteiger partial charge >= 0.3 is 18.1 Å². The van der Waals surface area contributed by atoms with Crippen molar-refractivity contribution >= 4 is 29.9 Å². The first-order valence-electron chi connectivity index (χ1n) is 13.1. The first kappa shape index (κ1) is 32.7. The van der Waals surface area contributed by atoms with Crippen molar-refractivity contribution in [3.63, 3.8) is 0 Å². The number of hydrogen-bond acceptors (Lipinski definition) is 7. The Labute approximate surface area is 223 Å². The zero-order chi connectivity index (χ0) is 28.3. The Balaban J connectivity index is 2.31. The lowest BCUT2D eigenvalue weighted by molar-refractivity contribution is -0.142. The number of amides is 5. The Hall–Kier alpha value is -3.35. The number of alkyl carbamates (subject to hydrolysis) is 1. The highest BCUT2D eigenvalue weighted by atomic mass is 16.6. The molecule has 0 heterocycles. The van der Waals surface area contributed by atoms with Gasteiger partial charge < -0.3 is 41.6 Å². The summed E-state index contributed by atoms with van der Waals surface area (Å²) in [6.07, 6.45) is 8.57. The molecule has 0 spiro atoms. The lowest BCUT2D eigenvalue weighted by atomic mass is 10.0. The SMILES string of the molecule is CC(C)[C@@H](NC(=O)CCOCCNC(=O)OC1CC=CCCCC1)C(=O)N[C@@H](CCCNC(N)=O)C(=O)O. The lowest BCUT2D eigenvalue weighted by Crippen LogP contribution is -2.53. The summed E-state index contributed by atoms with van der Waals surface area (Å²) in [5.74, 6) is -2.57. The highest BCUT2D eigenvalue weighted by molar-refractivity contribution is 5.90. The van der Waals surface area contributed by atoms with Crippen LogP contribution in [0.1, 0.15) is 65.2 Å². The number of nitrogens with one attached hydrogen (secondary N) is 4. The molecule has 0 aromatic carbocycles. The molecule has 13 heteroatoms. The summed E-state index contributed by atoms with van der Waals surface area (Å²) in [5, 5.41) is 19.4. The van der Waals surface area contributed by atoms with Crippen molar-refractivity contribution in [3.8, 4) is 0 Å². The molecule has 0 bridgehead atoms. The van der Waals surface area contributed by atoms with E-state index in [1.807, 2.05) is 6.08 Å². The molecule has 0 aromatic rings. The van der Waals surface area contributed by atoms with Gasteiger partial charge in [-0.15, -0.1) is 0 Å². The van der Waals surface area contributed by atoms with Gasteiger partial charge in [-0.3, -0.25) is 9.59 Å². The van der Waals surface area contributed by atoms with Crippen molar-refractivity contribution in [2.45, 2.75) is 83.4 Å². The third-order valence-corrected chi connectivity index (χ3v) is 5.82.